The van der Waals surface area contributed by atoms with Gasteiger partial charge in [0, 0.05) is 6.42 Å². The first-order chi connectivity index (χ1) is 6.56. The zero-order chi connectivity index (χ0) is 10.7. The van der Waals surface area contributed by atoms with Gasteiger partial charge >= 0.3 is 0 Å². The monoisotopic (exact) mass is 196 g/mol. The molecule has 1 heterocycles. The Morgan fingerprint density at radius 1 is 1.50 bits per heavy atom. The third-order valence-electron chi connectivity index (χ3n) is 2.17. The Hall–Kier alpha value is -1.19. The molecule has 1 atom stereocenters. The number of Topliss-reactive ketones (excluding diaryl/α,β-unsaturated/α-hetero) is 1. The van der Waals surface area contributed by atoms with Gasteiger partial charge in [-0.05, 0) is 12.8 Å². The van der Waals surface area contributed by atoms with Crippen LogP contribution < -0.4 is 0 Å². The van der Waals surface area contributed by atoms with Crippen LogP contribution in [0.15, 0.2) is 4.52 Å². The summed E-state index contributed by atoms with van der Waals surface area (Å²) in [5, 5.41) is 3.78. The predicted molar refractivity (Wildman–Crippen MR) is 51.9 cm³/mol. The number of aryl methyl sites for hydroxylation is 1. The number of nitrogens with zero attached hydrogens (tertiary/aromatic N) is 2. The van der Waals surface area contributed by atoms with Crippen molar-refractivity contribution in [1.82, 2.24) is 10.1 Å². The maximum atomic E-state index is 11.4. The molecule has 0 radical (unpaired) electrons. The standard InChI is InChI=1S/C10H16N2O2/c1-5-8-11-10(14-12-8)9(6(2)3)7(4)13/h6,9H,5H2,1-4H3. The summed E-state index contributed by atoms with van der Waals surface area (Å²) in [7, 11) is 0. The molecule has 0 fully saturated rings. The Bertz CT molecular complexity index is 318. The highest BCUT2D eigenvalue weighted by Gasteiger charge is 2.26. The fourth-order valence-electron chi connectivity index (χ4n) is 1.47. The van der Waals surface area contributed by atoms with Crippen LogP contribution in [0.4, 0.5) is 0 Å². The number of aromatic nitrogens is 2. The number of hydrogen-bond donors (Lipinski definition) is 0. The minimum atomic E-state index is -0.261. The van der Waals surface area contributed by atoms with E-state index in [1.165, 1.54) is 0 Å². The van der Waals surface area contributed by atoms with Gasteiger partial charge in [0.05, 0.1) is 5.92 Å². The fraction of sp³-hybridized carbons (Fsp3) is 0.700. The molecule has 0 amide bonds. The lowest BCUT2D eigenvalue weighted by Gasteiger charge is -2.12. The van der Waals surface area contributed by atoms with Crippen LogP contribution in [0, 0.1) is 5.92 Å². The van der Waals surface area contributed by atoms with Gasteiger partial charge in [0.25, 0.3) is 0 Å². The van der Waals surface area contributed by atoms with Crippen molar-refractivity contribution in [1.29, 1.82) is 0 Å². The van der Waals surface area contributed by atoms with Gasteiger partial charge in [-0.2, -0.15) is 4.98 Å². The third kappa shape index (κ3) is 2.19. The number of ketones is 1. The van der Waals surface area contributed by atoms with E-state index >= 15 is 0 Å². The molecule has 0 aromatic carbocycles. The van der Waals surface area contributed by atoms with E-state index < -0.39 is 0 Å². The first kappa shape index (κ1) is 10.9. The largest absolute Gasteiger partial charge is 0.339 e. The molecular weight excluding hydrogens is 180 g/mol. The topological polar surface area (TPSA) is 56.0 Å². The quantitative estimate of drug-likeness (QED) is 0.738. The molecule has 0 saturated heterocycles. The van der Waals surface area contributed by atoms with Crippen LogP contribution in [0.1, 0.15) is 45.3 Å². The summed E-state index contributed by atoms with van der Waals surface area (Å²) >= 11 is 0. The Balaban J connectivity index is 2.93. The number of carbonyl (C=O) groups is 1. The van der Waals surface area contributed by atoms with E-state index in [2.05, 4.69) is 10.1 Å². The number of hydrogen-bond acceptors (Lipinski definition) is 4. The molecule has 0 spiro atoms. The average molecular weight is 196 g/mol. The van der Waals surface area contributed by atoms with Gasteiger partial charge in [0.1, 0.15) is 5.78 Å². The minimum Gasteiger partial charge on any atom is -0.339 e. The SMILES string of the molecule is CCc1noc(C(C(C)=O)C(C)C)n1. The van der Waals surface area contributed by atoms with Gasteiger partial charge < -0.3 is 4.52 Å². The first-order valence-electron chi connectivity index (χ1n) is 4.89. The van der Waals surface area contributed by atoms with Crippen molar-refractivity contribution in [2.45, 2.75) is 40.0 Å². The summed E-state index contributed by atoms with van der Waals surface area (Å²) in [4.78, 5) is 15.5. The van der Waals surface area contributed by atoms with Crippen molar-refractivity contribution in [3.05, 3.63) is 11.7 Å². The van der Waals surface area contributed by atoms with Gasteiger partial charge in [0.15, 0.2) is 5.82 Å². The van der Waals surface area contributed by atoms with E-state index in [1.807, 2.05) is 20.8 Å². The van der Waals surface area contributed by atoms with Gasteiger partial charge in [-0.3, -0.25) is 4.79 Å². The van der Waals surface area contributed by atoms with Gasteiger partial charge in [-0.25, -0.2) is 0 Å². The Labute approximate surface area is 83.7 Å². The maximum Gasteiger partial charge on any atom is 0.237 e. The van der Waals surface area contributed by atoms with Crippen LogP contribution in [0.2, 0.25) is 0 Å². The molecule has 0 saturated carbocycles. The third-order valence-corrected chi connectivity index (χ3v) is 2.17. The van der Waals surface area contributed by atoms with E-state index in [0.717, 1.165) is 6.42 Å². The van der Waals surface area contributed by atoms with Crippen molar-refractivity contribution in [3.63, 3.8) is 0 Å². The van der Waals surface area contributed by atoms with Crippen LogP contribution in [0.5, 0.6) is 0 Å². The zero-order valence-corrected chi connectivity index (χ0v) is 9.07. The summed E-state index contributed by atoms with van der Waals surface area (Å²) in [6.45, 7) is 7.46. The highest BCUT2D eigenvalue weighted by atomic mass is 16.5. The second-order valence-corrected chi connectivity index (χ2v) is 3.73. The number of carbonyl (C=O) groups excluding carboxylic acids is 1. The molecule has 0 aliphatic carbocycles. The lowest BCUT2D eigenvalue weighted by Crippen LogP contribution is -2.15. The molecule has 1 rings (SSSR count). The van der Waals surface area contributed by atoms with Gasteiger partial charge in [0.2, 0.25) is 5.89 Å². The molecular formula is C10H16N2O2. The predicted octanol–water partition coefficient (Wildman–Crippen LogP) is 1.96. The normalized spacial score (nSPS) is 13.2. The van der Waals surface area contributed by atoms with Crippen molar-refractivity contribution >= 4 is 5.78 Å². The van der Waals surface area contributed by atoms with Crippen LogP contribution in [0.25, 0.3) is 0 Å². The molecule has 0 bridgehead atoms. The molecule has 4 heteroatoms. The van der Waals surface area contributed by atoms with Crippen molar-refractivity contribution in [2.75, 3.05) is 0 Å². The van der Waals surface area contributed by atoms with E-state index in [9.17, 15) is 4.79 Å². The smallest absolute Gasteiger partial charge is 0.237 e. The fourth-order valence-corrected chi connectivity index (χ4v) is 1.47. The summed E-state index contributed by atoms with van der Waals surface area (Å²) in [5.74, 6) is 1.11. The second-order valence-electron chi connectivity index (χ2n) is 3.73. The van der Waals surface area contributed by atoms with Gasteiger partial charge in [-0.15, -0.1) is 0 Å². The maximum absolute atomic E-state index is 11.4. The molecule has 0 aliphatic heterocycles. The molecule has 78 valence electrons. The van der Waals surface area contributed by atoms with Crippen molar-refractivity contribution < 1.29 is 9.32 Å². The van der Waals surface area contributed by atoms with E-state index in [-0.39, 0.29) is 17.6 Å². The first-order valence-corrected chi connectivity index (χ1v) is 4.89. The van der Waals surface area contributed by atoms with Crippen molar-refractivity contribution in [3.8, 4) is 0 Å². The molecule has 0 N–H and O–H groups in total. The highest BCUT2D eigenvalue weighted by Crippen LogP contribution is 2.23. The van der Waals surface area contributed by atoms with Crippen LogP contribution in [0.3, 0.4) is 0 Å². The number of rotatable bonds is 4. The van der Waals surface area contributed by atoms with Crippen LogP contribution in [-0.4, -0.2) is 15.9 Å². The summed E-state index contributed by atoms with van der Waals surface area (Å²) in [6.07, 6.45) is 0.728. The van der Waals surface area contributed by atoms with Gasteiger partial charge in [-0.1, -0.05) is 25.9 Å². The molecule has 1 unspecified atom stereocenters. The lowest BCUT2D eigenvalue weighted by atomic mass is 9.92. The Morgan fingerprint density at radius 2 is 2.14 bits per heavy atom. The Morgan fingerprint density at radius 3 is 2.50 bits per heavy atom. The summed E-state index contributed by atoms with van der Waals surface area (Å²) < 4.78 is 5.06. The van der Waals surface area contributed by atoms with E-state index in [0.29, 0.717) is 11.7 Å². The Kier molecular flexibility index (Phi) is 3.38. The summed E-state index contributed by atoms with van der Waals surface area (Å²) in [5.41, 5.74) is 0. The highest BCUT2D eigenvalue weighted by molar-refractivity contribution is 5.82. The molecule has 0 aliphatic rings. The van der Waals surface area contributed by atoms with Crippen LogP contribution >= 0.6 is 0 Å². The molecule has 4 nitrogen and oxygen atoms in total. The molecule has 14 heavy (non-hydrogen) atoms. The average Bonchev–Trinajstić information content (AvgIpc) is 2.51. The van der Waals surface area contributed by atoms with Crippen molar-refractivity contribution in [2.24, 2.45) is 5.92 Å². The van der Waals surface area contributed by atoms with E-state index in [1.54, 1.807) is 6.92 Å². The lowest BCUT2D eigenvalue weighted by molar-refractivity contribution is -0.119. The van der Waals surface area contributed by atoms with Crippen LogP contribution in [-0.2, 0) is 11.2 Å². The van der Waals surface area contributed by atoms with E-state index in [4.69, 9.17) is 4.52 Å². The molecule has 1 aromatic rings. The minimum absolute atomic E-state index is 0.0753. The zero-order valence-electron chi connectivity index (χ0n) is 9.07. The second kappa shape index (κ2) is 4.35. The summed E-state index contributed by atoms with van der Waals surface area (Å²) in [6, 6.07) is 0. The molecule has 1 aromatic heterocycles.